The van der Waals surface area contributed by atoms with Gasteiger partial charge in [-0.2, -0.15) is 0 Å². The quantitative estimate of drug-likeness (QED) is 0.747. The highest BCUT2D eigenvalue weighted by Gasteiger charge is 2.04. The number of rotatable bonds is 3. The van der Waals surface area contributed by atoms with Crippen molar-refractivity contribution < 1.29 is 4.74 Å². The Bertz CT molecular complexity index is 500. The molecule has 0 spiro atoms. The molecule has 0 unspecified atom stereocenters. The molecule has 16 heavy (non-hydrogen) atoms. The number of benzene rings is 2. The summed E-state index contributed by atoms with van der Waals surface area (Å²) in [6.45, 7) is 4.41. The maximum atomic E-state index is 5.25. The van der Waals surface area contributed by atoms with Crippen molar-refractivity contribution in [3.05, 3.63) is 41.5 Å². The lowest BCUT2D eigenvalue weighted by molar-refractivity contribution is 0.415. The van der Waals surface area contributed by atoms with Gasteiger partial charge in [0.2, 0.25) is 0 Å². The van der Waals surface area contributed by atoms with E-state index < -0.39 is 0 Å². The summed E-state index contributed by atoms with van der Waals surface area (Å²) in [5.74, 6) is 0.929. The van der Waals surface area contributed by atoms with Crippen molar-refractivity contribution in [1.82, 2.24) is 0 Å². The third-order valence-electron chi connectivity index (χ3n) is 3.07. The summed E-state index contributed by atoms with van der Waals surface area (Å²) >= 11 is 0. The highest BCUT2D eigenvalue weighted by molar-refractivity contribution is 5.88. The number of methoxy groups -OCH3 is 1. The molecule has 0 saturated heterocycles. The molecule has 0 N–H and O–H groups in total. The molecule has 0 aliphatic heterocycles. The minimum Gasteiger partial charge on any atom is -0.497 e. The fourth-order valence-electron chi connectivity index (χ4n) is 2.19. The van der Waals surface area contributed by atoms with Crippen LogP contribution < -0.4 is 4.74 Å². The second kappa shape index (κ2) is 4.56. The van der Waals surface area contributed by atoms with Crippen LogP contribution in [0.2, 0.25) is 0 Å². The van der Waals surface area contributed by atoms with Crippen molar-refractivity contribution in [3.63, 3.8) is 0 Å². The molecule has 1 heteroatoms. The Hall–Kier alpha value is -1.50. The third kappa shape index (κ3) is 1.90. The third-order valence-corrected chi connectivity index (χ3v) is 3.07. The standard InChI is InChI=1S/C15H18O/c1-4-5-14-11(2)6-7-12-10-13(16-3)8-9-15(12)14/h6-10H,4-5H2,1-3H3. The number of aryl methyl sites for hydroxylation is 2. The predicted octanol–water partition coefficient (Wildman–Crippen LogP) is 4.11. The first-order valence-corrected chi connectivity index (χ1v) is 5.82. The Morgan fingerprint density at radius 2 is 1.94 bits per heavy atom. The molecule has 0 aliphatic rings. The van der Waals surface area contributed by atoms with Gasteiger partial charge in [0.1, 0.15) is 5.75 Å². The highest BCUT2D eigenvalue weighted by atomic mass is 16.5. The summed E-state index contributed by atoms with van der Waals surface area (Å²) in [5, 5.41) is 2.64. The Morgan fingerprint density at radius 3 is 2.62 bits per heavy atom. The van der Waals surface area contributed by atoms with E-state index in [1.54, 1.807) is 7.11 Å². The van der Waals surface area contributed by atoms with Crippen LogP contribution in [0.4, 0.5) is 0 Å². The van der Waals surface area contributed by atoms with Crippen LogP contribution >= 0.6 is 0 Å². The smallest absolute Gasteiger partial charge is 0.119 e. The summed E-state index contributed by atoms with van der Waals surface area (Å²) in [6.07, 6.45) is 2.33. The summed E-state index contributed by atoms with van der Waals surface area (Å²) < 4.78 is 5.25. The van der Waals surface area contributed by atoms with Gasteiger partial charge in [0.25, 0.3) is 0 Å². The molecule has 2 rings (SSSR count). The molecule has 84 valence electrons. The first-order valence-electron chi connectivity index (χ1n) is 5.82. The van der Waals surface area contributed by atoms with Gasteiger partial charge in [-0.1, -0.05) is 31.5 Å². The van der Waals surface area contributed by atoms with Gasteiger partial charge in [-0.05, 0) is 47.4 Å². The number of ether oxygens (including phenoxy) is 1. The molecule has 0 atom stereocenters. The fourth-order valence-corrected chi connectivity index (χ4v) is 2.19. The SMILES string of the molecule is CCCc1c(C)ccc2cc(OC)ccc12. The van der Waals surface area contributed by atoms with Crippen LogP contribution in [0.3, 0.4) is 0 Å². The maximum absolute atomic E-state index is 5.25. The number of hydrogen-bond donors (Lipinski definition) is 0. The maximum Gasteiger partial charge on any atom is 0.119 e. The second-order valence-electron chi connectivity index (χ2n) is 4.20. The van der Waals surface area contributed by atoms with Crippen molar-refractivity contribution in [3.8, 4) is 5.75 Å². The summed E-state index contributed by atoms with van der Waals surface area (Å²) in [5.41, 5.74) is 2.86. The molecule has 0 aliphatic carbocycles. The van der Waals surface area contributed by atoms with Gasteiger partial charge in [0.15, 0.2) is 0 Å². The Labute approximate surface area is 97.1 Å². The lowest BCUT2D eigenvalue weighted by atomic mass is 9.96. The summed E-state index contributed by atoms with van der Waals surface area (Å²) in [4.78, 5) is 0. The van der Waals surface area contributed by atoms with Gasteiger partial charge < -0.3 is 4.74 Å². The molecule has 0 saturated carbocycles. The van der Waals surface area contributed by atoms with E-state index >= 15 is 0 Å². The van der Waals surface area contributed by atoms with Crippen molar-refractivity contribution >= 4 is 10.8 Å². The topological polar surface area (TPSA) is 9.23 Å². The predicted molar refractivity (Wildman–Crippen MR) is 69.2 cm³/mol. The molecule has 0 radical (unpaired) electrons. The molecular weight excluding hydrogens is 196 g/mol. The lowest BCUT2D eigenvalue weighted by Crippen LogP contribution is -1.91. The van der Waals surface area contributed by atoms with Gasteiger partial charge in [0.05, 0.1) is 7.11 Å². The van der Waals surface area contributed by atoms with E-state index in [1.165, 1.54) is 28.3 Å². The van der Waals surface area contributed by atoms with Crippen LogP contribution in [0.5, 0.6) is 5.75 Å². The van der Waals surface area contributed by atoms with Gasteiger partial charge in [0, 0.05) is 0 Å². The van der Waals surface area contributed by atoms with Crippen LogP contribution in [-0.2, 0) is 6.42 Å². The van der Waals surface area contributed by atoms with Gasteiger partial charge in [-0.3, -0.25) is 0 Å². The number of fused-ring (bicyclic) bond motifs is 1. The lowest BCUT2D eigenvalue weighted by Gasteiger charge is -2.10. The molecule has 2 aromatic rings. The summed E-state index contributed by atoms with van der Waals surface area (Å²) in [6, 6.07) is 10.7. The van der Waals surface area contributed by atoms with Gasteiger partial charge in [-0.25, -0.2) is 0 Å². The highest BCUT2D eigenvalue weighted by Crippen LogP contribution is 2.26. The zero-order chi connectivity index (χ0) is 11.5. The first-order chi connectivity index (χ1) is 7.76. The van der Waals surface area contributed by atoms with E-state index in [0.29, 0.717) is 0 Å². The molecule has 0 heterocycles. The Balaban J connectivity index is 2.64. The van der Waals surface area contributed by atoms with E-state index in [1.807, 2.05) is 6.07 Å². The average molecular weight is 214 g/mol. The summed E-state index contributed by atoms with van der Waals surface area (Å²) in [7, 11) is 1.71. The Morgan fingerprint density at radius 1 is 1.12 bits per heavy atom. The largest absolute Gasteiger partial charge is 0.497 e. The van der Waals surface area contributed by atoms with Crippen LogP contribution in [-0.4, -0.2) is 7.11 Å². The molecule has 0 fully saturated rings. The van der Waals surface area contributed by atoms with E-state index in [2.05, 4.69) is 38.1 Å². The zero-order valence-corrected chi connectivity index (χ0v) is 10.2. The molecule has 0 bridgehead atoms. The Kier molecular flexibility index (Phi) is 3.14. The molecule has 0 aromatic heterocycles. The van der Waals surface area contributed by atoms with E-state index in [-0.39, 0.29) is 0 Å². The fraction of sp³-hybridized carbons (Fsp3) is 0.333. The van der Waals surface area contributed by atoms with Crippen LogP contribution in [0.15, 0.2) is 30.3 Å². The zero-order valence-electron chi connectivity index (χ0n) is 10.2. The van der Waals surface area contributed by atoms with Crippen molar-refractivity contribution in [2.24, 2.45) is 0 Å². The van der Waals surface area contributed by atoms with Gasteiger partial charge in [-0.15, -0.1) is 0 Å². The van der Waals surface area contributed by atoms with Crippen molar-refractivity contribution in [2.45, 2.75) is 26.7 Å². The molecule has 1 nitrogen and oxygen atoms in total. The van der Waals surface area contributed by atoms with E-state index in [0.717, 1.165) is 12.2 Å². The van der Waals surface area contributed by atoms with Crippen molar-refractivity contribution in [1.29, 1.82) is 0 Å². The van der Waals surface area contributed by atoms with E-state index in [4.69, 9.17) is 4.74 Å². The molecular formula is C15H18O. The van der Waals surface area contributed by atoms with Crippen LogP contribution in [0, 0.1) is 6.92 Å². The second-order valence-corrected chi connectivity index (χ2v) is 4.20. The van der Waals surface area contributed by atoms with Crippen molar-refractivity contribution in [2.75, 3.05) is 7.11 Å². The first kappa shape index (κ1) is 11.0. The molecule has 0 amide bonds. The normalized spacial score (nSPS) is 10.7. The minimum atomic E-state index is 0.929. The van der Waals surface area contributed by atoms with Crippen LogP contribution in [0.25, 0.3) is 10.8 Å². The monoisotopic (exact) mass is 214 g/mol. The van der Waals surface area contributed by atoms with Gasteiger partial charge >= 0.3 is 0 Å². The van der Waals surface area contributed by atoms with Crippen LogP contribution in [0.1, 0.15) is 24.5 Å². The van der Waals surface area contributed by atoms with E-state index in [9.17, 15) is 0 Å². The number of hydrogen-bond acceptors (Lipinski definition) is 1. The minimum absolute atomic E-state index is 0.929. The molecule has 2 aromatic carbocycles. The average Bonchev–Trinajstić information content (AvgIpc) is 2.32.